The van der Waals surface area contributed by atoms with E-state index in [0.29, 0.717) is 0 Å². The molecular formula is C22H38I2N2O6Si2. The van der Waals surface area contributed by atoms with E-state index in [1.807, 2.05) is 0 Å². The summed E-state index contributed by atoms with van der Waals surface area (Å²) in [6.07, 6.45) is 10.3. The summed E-state index contributed by atoms with van der Waals surface area (Å²) in [5, 5.41) is 0. The van der Waals surface area contributed by atoms with Crippen molar-refractivity contribution in [3.63, 3.8) is 0 Å². The Balaban J connectivity index is 0.00000544. The van der Waals surface area contributed by atoms with Crippen LogP contribution >= 0.6 is 0 Å². The van der Waals surface area contributed by atoms with Gasteiger partial charge in [-0.2, -0.15) is 0 Å². The van der Waals surface area contributed by atoms with E-state index in [0.717, 1.165) is 38.0 Å². The molecule has 0 unspecified atom stereocenters. The van der Waals surface area contributed by atoms with E-state index in [1.165, 1.54) is 11.1 Å². The predicted octanol–water partition coefficient (Wildman–Crippen LogP) is -3.53. The molecule has 2 rings (SSSR count). The van der Waals surface area contributed by atoms with Gasteiger partial charge in [0.2, 0.25) is 0 Å². The lowest BCUT2D eigenvalue weighted by Crippen LogP contribution is -3.00. The fourth-order valence-electron chi connectivity index (χ4n) is 3.67. The number of hydrogen-bond acceptors (Lipinski definition) is 6. The highest BCUT2D eigenvalue weighted by molar-refractivity contribution is 6.60. The zero-order chi connectivity index (χ0) is 23.5. The minimum Gasteiger partial charge on any atom is -1.00 e. The van der Waals surface area contributed by atoms with Gasteiger partial charge < -0.3 is 74.5 Å². The number of halogens is 2. The highest BCUT2D eigenvalue weighted by Gasteiger charge is 2.38. The van der Waals surface area contributed by atoms with Crippen LogP contribution in [0.1, 0.15) is 12.8 Å². The van der Waals surface area contributed by atoms with E-state index in [9.17, 15) is 0 Å². The minimum absolute atomic E-state index is 0. The Morgan fingerprint density at radius 3 is 1.03 bits per heavy atom. The summed E-state index contributed by atoms with van der Waals surface area (Å²) in [5.41, 5.74) is 2.37. The number of aromatic nitrogens is 2. The van der Waals surface area contributed by atoms with Gasteiger partial charge in [-0.05, 0) is 11.1 Å². The van der Waals surface area contributed by atoms with Crippen LogP contribution in [0.4, 0.5) is 0 Å². The van der Waals surface area contributed by atoms with Gasteiger partial charge in [0, 0.05) is 91.9 Å². The number of rotatable bonds is 15. The van der Waals surface area contributed by atoms with E-state index in [1.54, 1.807) is 42.7 Å². The molecule has 0 aromatic carbocycles. The molecule has 34 heavy (non-hydrogen) atoms. The highest BCUT2D eigenvalue weighted by Crippen LogP contribution is 2.18. The van der Waals surface area contributed by atoms with Gasteiger partial charge in [-0.1, -0.05) is 0 Å². The first-order valence-electron chi connectivity index (χ1n) is 10.8. The molecule has 12 heteroatoms. The molecule has 194 valence electrons. The van der Waals surface area contributed by atoms with Crippen molar-refractivity contribution in [2.45, 2.75) is 38.0 Å². The summed E-state index contributed by atoms with van der Waals surface area (Å²) >= 11 is 0. The molecule has 0 atom stereocenters. The van der Waals surface area contributed by atoms with Crippen molar-refractivity contribution in [2.75, 3.05) is 42.7 Å². The van der Waals surface area contributed by atoms with Crippen molar-refractivity contribution in [1.82, 2.24) is 0 Å². The second-order valence-electron chi connectivity index (χ2n) is 7.45. The van der Waals surface area contributed by atoms with Crippen molar-refractivity contribution in [3.05, 3.63) is 49.1 Å². The van der Waals surface area contributed by atoms with Gasteiger partial charge in [-0.15, -0.1) is 0 Å². The third-order valence-corrected chi connectivity index (χ3v) is 11.4. The molecular weight excluding hydrogens is 698 g/mol. The maximum absolute atomic E-state index is 5.49. The Hall–Kier alpha value is -0.0462. The molecule has 0 spiro atoms. The molecule has 0 fully saturated rings. The van der Waals surface area contributed by atoms with Crippen LogP contribution in [0.25, 0.3) is 11.1 Å². The maximum Gasteiger partial charge on any atom is 0.500 e. The zero-order valence-corrected chi connectivity index (χ0v) is 27.3. The predicted molar refractivity (Wildman–Crippen MR) is 125 cm³/mol. The van der Waals surface area contributed by atoms with Gasteiger partial charge in [0.25, 0.3) is 0 Å². The van der Waals surface area contributed by atoms with Crippen molar-refractivity contribution < 1.29 is 83.6 Å². The number of nitrogens with zero attached hydrogens (tertiary/aromatic N) is 2. The summed E-state index contributed by atoms with van der Waals surface area (Å²) in [6, 6.07) is 10.1. The van der Waals surface area contributed by atoms with E-state index < -0.39 is 17.6 Å². The summed E-state index contributed by atoms with van der Waals surface area (Å²) in [7, 11) is 4.90. The minimum atomic E-state index is -2.50. The van der Waals surface area contributed by atoms with Gasteiger partial charge in [-0.25, -0.2) is 9.13 Å². The Kier molecular flexibility index (Phi) is 17.4. The Morgan fingerprint density at radius 2 is 0.794 bits per heavy atom. The normalized spacial score (nSPS) is 11.6. The molecule has 0 bridgehead atoms. The molecule has 2 aromatic heterocycles. The summed E-state index contributed by atoms with van der Waals surface area (Å²) in [5.74, 6) is 0. The van der Waals surface area contributed by atoms with Gasteiger partial charge >= 0.3 is 17.6 Å². The molecule has 0 aliphatic heterocycles. The Bertz CT molecular complexity index is 711. The van der Waals surface area contributed by atoms with Crippen LogP contribution in [0.5, 0.6) is 0 Å². The molecule has 0 aliphatic rings. The molecule has 0 saturated heterocycles. The smallest absolute Gasteiger partial charge is 0.500 e. The van der Waals surface area contributed by atoms with Crippen LogP contribution in [0.3, 0.4) is 0 Å². The summed E-state index contributed by atoms with van der Waals surface area (Å²) in [6.45, 7) is 1.77. The van der Waals surface area contributed by atoms with Crippen LogP contribution < -0.4 is 57.1 Å². The third kappa shape index (κ3) is 9.78. The topological polar surface area (TPSA) is 63.1 Å². The lowest BCUT2D eigenvalue weighted by Gasteiger charge is -2.23. The average molecular weight is 737 g/mol. The van der Waals surface area contributed by atoms with Crippen LogP contribution in [-0.2, 0) is 39.6 Å². The molecule has 2 aromatic rings. The Morgan fingerprint density at radius 1 is 0.529 bits per heavy atom. The zero-order valence-electron chi connectivity index (χ0n) is 21.0. The molecule has 0 radical (unpaired) electrons. The molecule has 0 aliphatic carbocycles. The first kappa shape index (κ1) is 34.0. The van der Waals surface area contributed by atoms with Crippen molar-refractivity contribution in [3.8, 4) is 11.1 Å². The van der Waals surface area contributed by atoms with E-state index >= 15 is 0 Å². The fourth-order valence-corrected chi connectivity index (χ4v) is 7.07. The first-order chi connectivity index (χ1) is 15.5. The molecule has 8 nitrogen and oxygen atoms in total. The first-order valence-corrected chi connectivity index (χ1v) is 14.6. The van der Waals surface area contributed by atoms with Crippen molar-refractivity contribution >= 4 is 17.6 Å². The van der Waals surface area contributed by atoms with Gasteiger partial charge in [0.05, 0.1) is 0 Å². The second-order valence-corrected chi connectivity index (χ2v) is 13.6. The van der Waals surface area contributed by atoms with E-state index in [2.05, 4.69) is 58.2 Å². The average Bonchev–Trinajstić information content (AvgIpc) is 2.86. The third-order valence-electron chi connectivity index (χ3n) is 5.78. The largest absolute Gasteiger partial charge is 1.00 e. The van der Waals surface area contributed by atoms with Gasteiger partial charge in [-0.3, -0.25) is 0 Å². The van der Waals surface area contributed by atoms with Crippen LogP contribution in [0.15, 0.2) is 49.1 Å². The van der Waals surface area contributed by atoms with Gasteiger partial charge in [0.1, 0.15) is 13.1 Å². The van der Waals surface area contributed by atoms with Crippen molar-refractivity contribution in [1.29, 1.82) is 0 Å². The molecule has 0 amide bonds. The highest BCUT2D eigenvalue weighted by atomic mass is 127. The molecule has 2 heterocycles. The summed E-state index contributed by atoms with van der Waals surface area (Å²) < 4.78 is 37.3. The van der Waals surface area contributed by atoms with Crippen LogP contribution in [0.2, 0.25) is 12.1 Å². The quantitative estimate of drug-likeness (QED) is 0.108. The maximum atomic E-state index is 5.49. The standard InChI is InChI=1S/C22H38N2O6Si2.2HI/c1-25-31(26-2,27-3)19-7-13-23-15-9-21(10-16-23)22-11-17-24(18-12-22)14-8-20-32(28-4,29-5)30-6;;/h9-12,15-18H,7-8,13-14,19-20H2,1-6H3;2*1H/q+2;;/p-2. The SMILES string of the molecule is CO[Si](CCC[n+]1ccc(-c2cc[n+](CCC[Si](OC)(OC)OC)cc2)cc1)(OC)OC.[I-].[I-]. The van der Waals surface area contributed by atoms with E-state index in [-0.39, 0.29) is 48.0 Å². The fraction of sp³-hybridized carbons (Fsp3) is 0.545. The van der Waals surface area contributed by atoms with Crippen LogP contribution in [0, 0.1) is 0 Å². The second kappa shape index (κ2) is 17.4. The lowest BCUT2D eigenvalue weighted by atomic mass is 10.1. The van der Waals surface area contributed by atoms with Crippen LogP contribution in [-0.4, -0.2) is 60.3 Å². The van der Waals surface area contributed by atoms with E-state index in [4.69, 9.17) is 26.6 Å². The number of pyridine rings is 2. The lowest BCUT2D eigenvalue weighted by molar-refractivity contribution is -0.697. The molecule has 0 saturated carbocycles. The number of aryl methyl sites for hydroxylation is 2. The monoisotopic (exact) mass is 736 g/mol. The summed E-state index contributed by atoms with van der Waals surface area (Å²) in [4.78, 5) is 0. The Labute approximate surface area is 240 Å². The van der Waals surface area contributed by atoms with Crippen molar-refractivity contribution in [2.24, 2.45) is 0 Å². The van der Waals surface area contributed by atoms with Gasteiger partial charge in [0.15, 0.2) is 24.8 Å². The molecule has 0 N–H and O–H groups in total. The number of hydrogen-bond donors (Lipinski definition) is 0.